The Kier molecular flexibility index (Phi) is 6.29. The molecule has 0 bridgehead atoms. The minimum absolute atomic E-state index is 0.0247. The van der Waals surface area contributed by atoms with Gasteiger partial charge in [0.15, 0.2) is 0 Å². The van der Waals surface area contributed by atoms with Crippen LogP contribution in [0.2, 0.25) is 5.02 Å². The van der Waals surface area contributed by atoms with Gasteiger partial charge in [0.25, 0.3) is 5.56 Å². The van der Waals surface area contributed by atoms with Gasteiger partial charge in [-0.25, -0.2) is 14.4 Å². The number of pyridine rings is 1. The van der Waals surface area contributed by atoms with Crippen LogP contribution in [0.1, 0.15) is 18.5 Å². The Morgan fingerprint density at radius 1 is 1.25 bits per heavy atom. The quantitative estimate of drug-likeness (QED) is 0.442. The zero-order valence-corrected chi connectivity index (χ0v) is 17.9. The number of aliphatic hydroxyl groups excluding tert-OH is 1. The van der Waals surface area contributed by atoms with Crippen LogP contribution in [-0.4, -0.2) is 36.0 Å². The maximum atomic E-state index is 13.9. The van der Waals surface area contributed by atoms with E-state index in [0.717, 1.165) is 12.2 Å². The van der Waals surface area contributed by atoms with Crippen molar-refractivity contribution in [2.75, 3.05) is 11.9 Å². The van der Waals surface area contributed by atoms with Gasteiger partial charge in [0.1, 0.15) is 5.82 Å². The van der Waals surface area contributed by atoms with Crippen molar-refractivity contribution in [2.45, 2.75) is 19.5 Å². The zero-order valence-electron chi connectivity index (χ0n) is 17.1. The third kappa shape index (κ3) is 4.53. The fourth-order valence-corrected chi connectivity index (χ4v) is 3.41. The fraction of sp³-hybridized carbons (Fsp3) is 0.182. The number of aromatic nitrogens is 5. The molecule has 4 rings (SSSR count). The number of nitrogens with zero attached hydrogens (tertiary/aromatic N) is 5. The summed E-state index contributed by atoms with van der Waals surface area (Å²) in [4.78, 5) is 21.5. The molecule has 0 saturated carbocycles. The molecule has 164 valence electrons. The number of hydrogen-bond donors (Lipinski definition) is 2. The first-order valence-corrected chi connectivity index (χ1v) is 10.3. The first-order valence-electron chi connectivity index (χ1n) is 9.89. The van der Waals surface area contributed by atoms with Gasteiger partial charge in [0.2, 0.25) is 5.95 Å². The zero-order chi connectivity index (χ0) is 22.7. The van der Waals surface area contributed by atoms with E-state index in [-0.39, 0.29) is 17.2 Å². The average molecular weight is 455 g/mol. The maximum absolute atomic E-state index is 13.9. The Morgan fingerprint density at radius 2 is 2.09 bits per heavy atom. The van der Waals surface area contributed by atoms with E-state index in [2.05, 4.69) is 20.4 Å². The Labute approximate surface area is 188 Å². The maximum Gasteiger partial charge on any atom is 0.251 e. The second kappa shape index (κ2) is 9.29. The molecule has 0 amide bonds. The lowest BCUT2D eigenvalue weighted by Gasteiger charge is -2.18. The Balaban J connectivity index is 1.61. The molecule has 32 heavy (non-hydrogen) atoms. The van der Waals surface area contributed by atoms with Gasteiger partial charge in [-0.3, -0.25) is 9.48 Å². The first-order chi connectivity index (χ1) is 15.5. The number of nitrogens with one attached hydrogen (secondary N) is 1. The van der Waals surface area contributed by atoms with E-state index in [9.17, 15) is 14.3 Å². The van der Waals surface area contributed by atoms with Gasteiger partial charge in [-0.15, -0.1) is 0 Å². The number of aliphatic hydroxyl groups is 1. The number of benzene rings is 1. The number of aryl methyl sites for hydroxylation is 1. The van der Waals surface area contributed by atoms with Gasteiger partial charge in [-0.2, -0.15) is 5.10 Å². The number of hydrogen-bond acceptors (Lipinski definition) is 6. The molecule has 3 aromatic heterocycles. The Bertz CT molecular complexity index is 1310. The van der Waals surface area contributed by atoms with Gasteiger partial charge < -0.3 is 15.0 Å². The van der Waals surface area contributed by atoms with Crippen molar-refractivity contribution in [1.29, 1.82) is 0 Å². The van der Waals surface area contributed by atoms with Crippen LogP contribution in [0, 0.1) is 5.82 Å². The summed E-state index contributed by atoms with van der Waals surface area (Å²) in [7, 11) is 0. The molecular weight excluding hydrogens is 435 g/mol. The molecule has 0 saturated heterocycles. The third-order valence-corrected chi connectivity index (χ3v) is 5.26. The van der Waals surface area contributed by atoms with E-state index < -0.39 is 11.9 Å². The van der Waals surface area contributed by atoms with E-state index in [1.54, 1.807) is 41.5 Å². The highest BCUT2D eigenvalue weighted by Crippen LogP contribution is 2.23. The summed E-state index contributed by atoms with van der Waals surface area (Å²) in [5, 5.41) is 17.1. The van der Waals surface area contributed by atoms with Crippen LogP contribution in [0.5, 0.6) is 0 Å². The summed E-state index contributed by atoms with van der Waals surface area (Å²) in [6, 6.07) is 8.25. The molecule has 8 nitrogen and oxygen atoms in total. The summed E-state index contributed by atoms with van der Waals surface area (Å²) in [5.41, 5.74) is 1.95. The van der Waals surface area contributed by atoms with Gasteiger partial charge in [-0.1, -0.05) is 17.7 Å². The minimum atomic E-state index is -0.749. The van der Waals surface area contributed by atoms with Crippen LogP contribution in [0.25, 0.3) is 11.3 Å². The largest absolute Gasteiger partial charge is 0.394 e. The molecule has 0 radical (unpaired) electrons. The van der Waals surface area contributed by atoms with Gasteiger partial charge in [0, 0.05) is 36.8 Å². The smallest absolute Gasteiger partial charge is 0.251 e. The van der Waals surface area contributed by atoms with Gasteiger partial charge in [-0.05, 0) is 36.8 Å². The molecule has 0 aliphatic rings. The lowest BCUT2D eigenvalue weighted by Crippen LogP contribution is -2.27. The second-order valence-corrected chi connectivity index (χ2v) is 7.42. The van der Waals surface area contributed by atoms with E-state index in [1.807, 2.05) is 13.1 Å². The number of anilines is 2. The standard InChI is InChI=1S/C22H20ClFN6O2/c1-2-29-12-16(11-26-29)27-22-25-7-5-19(28-22)14-6-8-30(21(32)10-14)20(13-31)15-3-4-17(23)18(24)9-15/h3-12,20,31H,2,13H2,1H3,(H,25,27,28)/t20-/m1/s1. The lowest BCUT2D eigenvalue weighted by molar-refractivity contribution is 0.247. The van der Waals surface area contributed by atoms with Crippen LogP contribution in [0.15, 0.2) is 66.0 Å². The monoisotopic (exact) mass is 454 g/mol. The molecule has 4 aromatic rings. The predicted molar refractivity (Wildman–Crippen MR) is 120 cm³/mol. The highest BCUT2D eigenvalue weighted by Gasteiger charge is 2.16. The normalized spacial score (nSPS) is 12.0. The molecule has 1 atom stereocenters. The molecule has 10 heteroatoms. The van der Waals surface area contributed by atoms with Crippen LogP contribution >= 0.6 is 11.6 Å². The number of rotatable bonds is 7. The van der Waals surface area contributed by atoms with Crippen molar-refractivity contribution < 1.29 is 9.50 Å². The summed E-state index contributed by atoms with van der Waals surface area (Å²) < 4.78 is 17.0. The van der Waals surface area contributed by atoms with Crippen LogP contribution in [-0.2, 0) is 6.54 Å². The SMILES string of the molecule is CCn1cc(Nc2nccc(-c3ccn([C@H](CO)c4ccc(Cl)c(F)c4)c(=O)c3)n2)cn1. The van der Waals surface area contributed by atoms with Crippen LogP contribution in [0.4, 0.5) is 16.0 Å². The molecule has 0 aliphatic carbocycles. The highest BCUT2D eigenvalue weighted by atomic mass is 35.5. The topological polar surface area (TPSA) is 97.9 Å². The Morgan fingerprint density at radius 3 is 2.78 bits per heavy atom. The van der Waals surface area contributed by atoms with Crippen molar-refractivity contribution in [3.63, 3.8) is 0 Å². The Hall–Kier alpha value is -3.56. The molecule has 0 unspecified atom stereocenters. The van der Waals surface area contributed by atoms with Crippen molar-refractivity contribution in [2.24, 2.45) is 0 Å². The summed E-state index contributed by atoms with van der Waals surface area (Å²) in [6.45, 7) is 2.35. The summed E-state index contributed by atoms with van der Waals surface area (Å²) in [6.07, 6.45) is 6.65. The van der Waals surface area contributed by atoms with Crippen molar-refractivity contribution in [3.8, 4) is 11.3 Å². The van der Waals surface area contributed by atoms with Gasteiger partial charge in [0.05, 0.1) is 35.2 Å². The van der Waals surface area contributed by atoms with Crippen molar-refractivity contribution >= 4 is 23.2 Å². The van der Waals surface area contributed by atoms with E-state index in [4.69, 9.17) is 11.6 Å². The summed E-state index contributed by atoms with van der Waals surface area (Å²) in [5.74, 6) is -0.245. The molecule has 0 fully saturated rings. The van der Waals surface area contributed by atoms with Gasteiger partial charge >= 0.3 is 0 Å². The highest BCUT2D eigenvalue weighted by molar-refractivity contribution is 6.30. The molecule has 2 N–H and O–H groups in total. The average Bonchev–Trinajstić information content (AvgIpc) is 3.25. The van der Waals surface area contributed by atoms with Crippen LogP contribution in [0.3, 0.4) is 0 Å². The number of halogens is 2. The first kappa shape index (κ1) is 21.7. The fourth-order valence-electron chi connectivity index (χ4n) is 3.29. The predicted octanol–water partition coefficient (Wildman–Crippen LogP) is 3.64. The molecule has 1 aromatic carbocycles. The van der Waals surface area contributed by atoms with E-state index >= 15 is 0 Å². The van der Waals surface area contributed by atoms with Crippen molar-refractivity contribution in [1.82, 2.24) is 24.3 Å². The molecule has 0 spiro atoms. The van der Waals surface area contributed by atoms with Crippen molar-refractivity contribution in [3.05, 3.63) is 87.9 Å². The molecule has 0 aliphatic heterocycles. The lowest BCUT2D eigenvalue weighted by atomic mass is 10.1. The van der Waals surface area contributed by atoms with Crippen LogP contribution < -0.4 is 10.9 Å². The molecule has 3 heterocycles. The third-order valence-electron chi connectivity index (χ3n) is 4.95. The summed E-state index contributed by atoms with van der Waals surface area (Å²) >= 11 is 5.74. The van der Waals surface area contributed by atoms with E-state index in [0.29, 0.717) is 22.8 Å². The minimum Gasteiger partial charge on any atom is -0.394 e. The van der Waals surface area contributed by atoms with E-state index in [1.165, 1.54) is 22.8 Å². The second-order valence-electron chi connectivity index (χ2n) is 7.01. The molecular formula is C22H20ClFN6O2.